The molecule has 1 atom stereocenters. The van der Waals surface area contributed by atoms with Crippen LogP contribution in [0, 0.1) is 18.3 Å². The zero-order valence-corrected chi connectivity index (χ0v) is 12.4. The van der Waals surface area contributed by atoms with Gasteiger partial charge in [-0.15, -0.1) is 0 Å². The second-order valence-corrected chi connectivity index (χ2v) is 4.72. The molecule has 0 fully saturated rings. The van der Waals surface area contributed by atoms with Gasteiger partial charge in [0.25, 0.3) is 0 Å². The predicted octanol–water partition coefficient (Wildman–Crippen LogP) is 3.69. The Hall–Kier alpha value is -2.67. The van der Waals surface area contributed by atoms with E-state index in [0.717, 1.165) is 16.8 Å². The number of rotatable bonds is 5. The minimum absolute atomic E-state index is 0.476. The first-order valence-corrected chi connectivity index (χ1v) is 6.62. The van der Waals surface area contributed by atoms with Crippen LogP contribution in [-0.2, 0) is 0 Å². The monoisotopic (exact) mass is 282 g/mol. The molecule has 0 aliphatic heterocycles. The number of aryl methyl sites for hydroxylation is 1. The molecule has 0 spiro atoms. The maximum Gasteiger partial charge on any atom is 0.140 e. The minimum Gasteiger partial charge on any atom is -0.497 e. The van der Waals surface area contributed by atoms with Gasteiger partial charge in [-0.2, -0.15) is 5.26 Å². The van der Waals surface area contributed by atoms with Crippen molar-refractivity contribution in [2.24, 2.45) is 0 Å². The Bertz CT molecular complexity index is 640. The molecule has 0 aliphatic rings. The average molecular weight is 282 g/mol. The lowest BCUT2D eigenvalue weighted by Gasteiger charge is -2.16. The molecule has 4 heteroatoms. The third kappa shape index (κ3) is 3.67. The minimum atomic E-state index is -0.476. The van der Waals surface area contributed by atoms with E-state index in [0.29, 0.717) is 11.5 Å². The fourth-order valence-electron chi connectivity index (χ4n) is 2.09. The standard InChI is InChI=1S/C17H18N2O2/c1-12-5-4-6-14(7-12)19-17(11-18)13-8-15(20-2)10-16(9-13)21-3/h4-10,17,19H,1-3H3. The molecule has 0 amide bonds. The molecule has 2 aromatic rings. The molecular weight excluding hydrogens is 264 g/mol. The highest BCUT2D eigenvalue weighted by atomic mass is 16.5. The molecule has 4 nitrogen and oxygen atoms in total. The summed E-state index contributed by atoms with van der Waals surface area (Å²) in [4.78, 5) is 0. The number of nitriles is 1. The number of hydrogen-bond donors (Lipinski definition) is 1. The van der Waals surface area contributed by atoms with Crippen LogP contribution in [-0.4, -0.2) is 14.2 Å². The van der Waals surface area contributed by atoms with Crippen molar-refractivity contribution < 1.29 is 9.47 Å². The number of benzene rings is 2. The van der Waals surface area contributed by atoms with Crippen LogP contribution >= 0.6 is 0 Å². The van der Waals surface area contributed by atoms with Gasteiger partial charge in [-0.3, -0.25) is 0 Å². The molecule has 0 saturated carbocycles. The summed E-state index contributed by atoms with van der Waals surface area (Å²) in [6.07, 6.45) is 0. The highest BCUT2D eigenvalue weighted by Gasteiger charge is 2.13. The van der Waals surface area contributed by atoms with Gasteiger partial charge in [0.1, 0.15) is 17.5 Å². The van der Waals surface area contributed by atoms with Gasteiger partial charge in [0, 0.05) is 11.8 Å². The van der Waals surface area contributed by atoms with E-state index in [-0.39, 0.29) is 0 Å². The van der Waals surface area contributed by atoms with Crippen molar-refractivity contribution in [1.29, 1.82) is 5.26 Å². The SMILES string of the molecule is COc1cc(OC)cc(C(C#N)Nc2cccc(C)c2)c1. The summed E-state index contributed by atoms with van der Waals surface area (Å²) >= 11 is 0. The Labute approximate surface area is 124 Å². The van der Waals surface area contributed by atoms with Gasteiger partial charge in [-0.05, 0) is 42.3 Å². The van der Waals surface area contributed by atoms with Crippen molar-refractivity contribution in [3.05, 3.63) is 53.6 Å². The van der Waals surface area contributed by atoms with Gasteiger partial charge in [-0.1, -0.05) is 12.1 Å². The molecule has 108 valence electrons. The third-order valence-electron chi connectivity index (χ3n) is 3.17. The Kier molecular flexibility index (Phi) is 4.68. The number of hydrogen-bond acceptors (Lipinski definition) is 4. The largest absolute Gasteiger partial charge is 0.497 e. The highest BCUT2D eigenvalue weighted by Crippen LogP contribution is 2.28. The van der Waals surface area contributed by atoms with Crippen LogP contribution in [0.3, 0.4) is 0 Å². The lowest BCUT2D eigenvalue weighted by atomic mass is 10.1. The average Bonchev–Trinajstić information content (AvgIpc) is 2.52. The predicted molar refractivity (Wildman–Crippen MR) is 82.7 cm³/mol. The van der Waals surface area contributed by atoms with Gasteiger partial charge in [0.05, 0.1) is 20.3 Å². The lowest BCUT2D eigenvalue weighted by molar-refractivity contribution is 0.393. The Morgan fingerprint density at radius 2 is 1.71 bits per heavy atom. The van der Waals surface area contributed by atoms with E-state index in [1.54, 1.807) is 20.3 Å². The van der Waals surface area contributed by atoms with Crippen LogP contribution < -0.4 is 14.8 Å². The molecule has 0 bridgehead atoms. The Balaban J connectivity index is 2.31. The summed E-state index contributed by atoms with van der Waals surface area (Å²) in [6.45, 7) is 2.02. The number of anilines is 1. The van der Waals surface area contributed by atoms with E-state index in [2.05, 4.69) is 11.4 Å². The van der Waals surface area contributed by atoms with Crippen LogP contribution in [0.2, 0.25) is 0 Å². The zero-order valence-electron chi connectivity index (χ0n) is 12.4. The first kappa shape index (κ1) is 14.7. The second kappa shape index (κ2) is 6.67. The molecule has 2 rings (SSSR count). The molecule has 2 aromatic carbocycles. The van der Waals surface area contributed by atoms with E-state index in [4.69, 9.17) is 9.47 Å². The third-order valence-corrected chi connectivity index (χ3v) is 3.17. The number of nitrogens with zero attached hydrogens (tertiary/aromatic N) is 1. The van der Waals surface area contributed by atoms with E-state index in [9.17, 15) is 5.26 Å². The number of methoxy groups -OCH3 is 2. The van der Waals surface area contributed by atoms with Crippen LogP contribution in [0.15, 0.2) is 42.5 Å². The summed E-state index contributed by atoms with van der Waals surface area (Å²) in [5.74, 6) is 1.33. The summed E-state index contributed by atoms with van der Waals surface area (Å²) in [5.41, 5.74) is 2.85. The Morgan fingerprint density at radius 1 is 1.05 bits per heavy atom. The van der Waals surface area contributed by atoms with Crippen LogP contribution in [0.4, 0.5) is 5.69 Å². The quantitative estimate of drug-likeness (QED) is 0.908. The fourth-order valence-corrected chi connectivity index (χ4v) is 2.09. The smallest absolute Gasteiger partial charge is 0.140 e. The lowest BCUT2D eigenvalue weighted by Crippen LogP contribution is -2.09. The van der Waals surface area contributed by atoms with Crippen molar-refractivity contribution in [1.82, 2.24) is 0 Å². The highest BCUT2D eigenvalue weighted by molar-refractivity contribution is 5.51. The molecule has 0 aliphatic carbocycles. The molecule has 21 heavy (non-hydrogen) atoms. The van der Waals surface area contributed by atoms with Crippen molar-refractivity contribution in [2.75, 3.05) is 19.5 Å². The number of ether oxygens (including phenoxy) is 2. The van der Waals surface area contributed by atoms with Crippen molar-refractivity contribution in [2.45, 2.75) is 13.0 Å². The molecule has 0 saturated heterocycles. The first-order valence-electron chi connectivity index (χ1n) is 6.62. The van der Waals surface area contributed by atoms with Gasteiger partial charge < -0.3 is 14.8 Å². The summed E-state index contributed by atoms with van der Waals surface area (Å²) < 4.78 is 10.5. The summed E-state index contributed by atoms with van der Waals surface area (Å²) in [5, 5.41) is 12.7. The van der Waals surface area contributed by atoms with E-state index in [1.807, 2.05) is 43.3 Å². The van der Waals surface area contributed by atoms with Gasteiger partial charge in [0.15, 0.2) is 0 Å². The van der Waals surface area contributed by atoms with Crippen molar-refractivity contribution in [3.63, 3.8) is 0 Å². The van der Waals surface area contributed by atoms with Crippen molar-refractivity contribution >= 4 is 5.69 Å². The van der Waals surface area contributed by atoms with E-state index < -0.39 is 6.04 Å². The molecule has 0 radical (unpaired) electrons. The van der Waals surface area contributed by atoms with Crippen LogP contribution in [0.1, 0.15) is 17.2 Å². The normalized spacial score (nSPS) is 11.3. The molecule has 0 aromatic heterocycles. The zero-order chi connectivity index (χ0) is 15.2. The van der Waals surface area contributed by atoms with E-state index >= 15 is 0 Å². The summed E-state index contributed by atoms with van der Waals surface area (Å²) in [7, 11) is 3.18. The molecule has 0 heterocycles. The number of nitrogens with one attached hydrogen (secondary N) is 1. The topological polar surface area (TPSA) is 54.3 Å². The maximum absolute atomic E-state index is 9.44. The van der Waals surface area contributed by atoms with Gasteiger partial charge in [-0.25, -0.2) is 0 Å². The summed E-state index contributed by atoms with van der Waals surface area (Å²) in [6, 6.07) is 15.2. The fraction of sp³-hybridized carbons (Fsp3) is 0.235. The van der Waals surface area contributed by atoms with Crippen LogP contribution in [0.25, 0.3) is 0 Å². The Morgan fingerprint density at radius 3 is 2.24 bits per heavy atom. The first-order chi connectivity index (χ1) is 10.2. The van der Waals surface area contributed by atoms with Gasteiger partial charge in [0.2, 0.25) is 0 Å². The molecule has 1 unspecified atom stereocenters. The van der Waals surface area contributed by atoms with E-state index in [1.165, 1.54) is 0 Å². The molecular formula is C17H18N2O2. The maximum atomic E-state index is 9.44. The van der Waals surface area contributed by atoms with Crippen molar-refractivity contribution in [3.8, 4) is 17.6 Å². The second-order valence-electron chi connectivity index (χ2n) is 4.72. The van der Waals surface area contributed by atoms with Crippen LogP contribution in [0.5, 0.6) is 11.5 Å². The van der Waals surface area contributed by atoms with Gasteiger partial charge >= 0.3 is 0 Å². The molecule has 1 N–H and O–H groups in total.